The van der Waals surface area contributed by atoms with Crippen molar-refractivity contribution in [1.29, 1.82) is 0 Å². The second kappa shape index (κ2) is 7.17. The van der Waals surface area contributed by atoms with Crippen LogP contribution in [0.1, 0.15) is 30.7 Å². The van der Waals surface area contributed by atoms with Crippen LogP contribution in [0.15, 0.2) is 42.6 Å². The average Bonchev–Trinajstić information content (AvgIpc) is 3.17. The number of hydrogen-bond acceptors (Lipinski definition) is 4. The van der Waals surface area contributed by atoms with Crippen molar-refractivity contribution < 1.29 is 13.5 Å². The first-order valence-electron chi connectivity index (χ1n) is 10.2. The number of halogens is 3. The van der Waals surface area contributed by atoms with Gasteiger partial charge in [-0.25, -0.2) is 8.78 Å². The normalized spacial score (nSPS) is 22.4. The summed E-state index contributed by atoms with van der Waals surface area (Å²) >= 11 is 6.04. The lowest BCUT2D eigenvalue weighted by Crippen LogP contribution is -2.43. The Morgan fingerprint density at radius 2 is 1.83 bits per heavy atom. The number of rotatable bonds is 5. The first kappa shape index (κ1) is 19.7. The number of methoxy groups -OCH3 is 1. The number of hydrogen-bond donors (Lipinski definition) is 0. The van der Waals surface area contributed by atoms with E-state index in [0.29, 0.717) is 16.5 Å². The Bertz CT molecular complexity index is 1060. The van der Waals surface area contributed by atoms with E-state index in [1.165, 1.54) is 0 Å². The molecule has 2 aromatic heterocycles. The third-order valence-corrected chi connectivity index (χ3v) is 6.80. The van der Waals surface area contributed by atoms with Gasteiger partial charge in [0.05, 0.1) is 5.60 Å². The maximum absolute atomic E-state index is 13.2. The topological polar surface area (TPSA) is 42.7 Å². The Morgan fingerprint density at radius 3 is 2.47 bits per heavy atom. The molecule has 3 aromatic rings. The Labute approximate surface area is 178 Å². The van der Waals surface area contributed by atoms with Crippen LogP contribution in [0, 0.1) is 5.92 Å². The van der Waals surface area contributed by atoms with Gasteiger partial charge < -0.3 is 9.64 Å². The van der Waals surface area contributed by atoms with Crippen LogP contribution in [-0.2, 0) is 16.8 Å². The van der Waals surface area contributed by atoms with E-state index in [4.69, 9.17) is 16.3 Å². The lowest BCUT2D eigenvalue weighted by Gasteiger charge is -2.42. The molecule has 1 saturated heterocycles. The van der Waals surface area contributed by atoms with Crippen molar-refractivity contribution in [2.24, 2.45) is 5.92 Å². The van der Waals surface area contributed by atoms with Crippen molar-refractivity contribution >= 4 is 22.9 Å². The van der Waals surface area contributed by atoms with Crippen molar-refractivity contribution in [3.63, 3.8) is 0 Å². The van der Waals surface area contributed by atoms with Crippen LogP contribution in [0.5, 0.6) is 0 Å². The summed E-state index contributed by atoms with van der Waals surface area (Å²) < 4.78 is 34.3. The molecular formula is C22H23ClF2N4O. The fraction of sp³-hybridized carbons (Fsp3) is 0.455. The van der Waals surface area contributed by atoms with E-state index in [0.717, 1.165) is 37.2 Å². The number of anilines is 1. The number of fused-ring (bicyclic) bond motifs is 1. The third-order valence-electron chi connectivity index (χ3n) is 6.55. The molecule has 0 bridgehead atoms. The van der Waals surface area contributed by atoms with Crippen molar-refractivity contribution in [1.82, 2.24) is 14.6 Å². The van der Waals surface area contributed by atoms with Gasteiger partial charge in [-0.3, -0.25) is 4.40 Å². The second-order valence-corrected chi connectivity index (χ2v) is 8.72. The van der Waals surface area contributed by atoms with Gasteiger partial charge in [0.25, 0.3) is 5.92 Å². The monoisotopic (exact) mass is 432 g/mol. The van der Waals surface area contributed by atoms with Gasteiger partial charge >= 0.3 is 0 Å². The lowest BCUT2D eigenvalue weighted by molar-refractivity contribution is -0.0346. The van der Waals surface area contributed by atoms with E-state index in [9.17, 15) is 8.78 Å². The third kappa shape index (κ3) is 3.44. The van der Waals surface area contributed by atoms with E-state index >= 15 is 0 Å². The zero-order valence-electron chi connectivity index (χ0n) is 16.7. The van der Waals surface area contributed by atoms with Gasteiger partial charge in [0, 0.05) is 61.9 Å². The number of piperidine rings is 1. The molecule has 0 spiro atoms. The van der Waals surface area contributed by atoms with Gasteiger partial charge in [-0.05, 0) is 36.6 Å². The molecule has 30 heavy (non-hydrogen) atoms. The number of ether oxygens (including phenoxy) is 1. The minimum atomic E-state index is -2.54. The summed E-state index contributed by atoms with van der Waals surface area (Å²) in [5.41, 5.74) is 2.57. The van der Waals surface area contributed by atoms with Crippen LogP contribution in [0.4, 0.5) is 14.5 Å². The highest BCUT2D eigenvalue weighted by atomic mass is 35.5. The molecule has 1 atom stereocenters. The first-order chi connectivity index (χ1) is 14.4. The minimum absolute atomic E-state index is 0.0529. The van der Waals surface area contributed by atoms with Gasteiger partial charge in [-0.2, -0.15) is 0 Å². The van der Waals surface area contributed by atoms with Gasteiger partial charge in [0.15, 0.2) is 5.65 Å². The summed E-state index contributed by atoms with van der Waals surface area (Å²) in [6, 6.07) is 11.9. The molecule has 0 N–H and O–H groups in total. The Kier molecular flexibility index (Phi) is 4.71. The highest BCUT2D eigenvalue weighted by Gasteiger charge is 2.56. The molecule has 3 heterocycles. The Morgan fingerprint density at radius 1 is 1.13 bits per heavy atom. The fourth-order valence-electron chi connectivity index (χ4n) is 4.47. The largest absolute Gasteiger partial charge is 0.373 e. The van der Waals surface area contributed by atoms with Crippen LogP contribution in [-0.4, -0.2) is 40.7 Å². The van der Waals surface area contributed by atoms with E-state index in [-0.39, 0.29) is 18.4 Å². The average molecular weight is 433 g/mol. The number of pyridine rings is 1. The summed E-state index contributed by atoms with van der Waals surface area (Å²) in [6.07, 6.45) is 3.80. The van der Waals surface area contributed by atoms with Crippen molar-refractivity contribution in [3.8, 4) is 0 Å². The van der Waals surface area contributed by atoms with Gasteiger partial charge in [-0.1, -0.05) is 23.7 Å². The van der Waals surface area contributed by atoms with E-state index < -0.39 is 11.8 Å². The molecule has 2 aliphatic rings. The predicted octanol–water partition coefficient (Wildman–Crippen LogP) is 4.72. The number of aromatic nitrogens is 3. The molecular weight excluding hydrogens is 410 g/mol. The summed E-state index contributed by atoms with van der Waals surface area (Å²) in [4.78, 5) is 2.30. The van der Waals surface area contributed by atoms with Crippen LogP contribution in [0.3, 0.4) is 0 Å². The summed E-state index contributed by atoms with van der Waals surface area (Å²) in [5, 5.41) is 9.06. The first-order valence-corrected chi connectivity index (χ1v) is 10.6. The van der Waals surface area contributed by atoms with E-state index in [2.05, 4.69) is 15.1 Å². The molecule has 0 amide bonds. The number of alkyl halides is 2. The summed E-state index contributed by atoms with van der Waals surface area (Å²) in [7, 11) is 1.76. The van der Waals surface area contributed by atoms with Gasteiger partial charge in [-0.15, -0.1) is 10.2 Å². The smallest absolute Gasteiger partial charge is 0.252 e. The van der Waals surface area contributed by atoms with Gasteiger partial charge in [0.2, 0.25) is 0 Å². The highest BCUT2D eigenvalue weighted by Crippen LogP contribution is 2.50. The highest BCUT2D eigenvalue weighted by molar-refractivity contribution is 6.30. The molecule has 2 fully saturated rings. The van der Waals surface area contributed by atoms with Crippen molar-refractivity contribution in [2.45, 2.75) is 37.2 Å². The maximum atomic E-state index is 13.2. The molecule has 1 saturated carbocycles. The molecule has 5 nitrogen and oxygen atoms in total. The standard InChI is InChI=1S/C22H23ClF2N4O/c1-30-21(15-2-4-17(23)5-3-15)7-10-28(11-8-21)18-6-9-29-19(26-27-20(29)13-18)12-16-14-22(16,24)25/h2-6,9,13,16H,7-8,10-12,14H2,1H3. The second-order valence-electron chi connectivity index (χ2n) is 8.29. The lowest BCUT2D eigenvalue weighted by atomic mass is 9.84. The van der Waals surface area contributed by atoms with Crippen LogP contribution >= 0.6 is 11.6 Å². The van der Waals surface area contributed by atoms with Crippen LogP contribution in [0.2, 0.25) is 5.02 Å². The fourth-order valence-corrected chi connectivity index (χ4v) is 4.59. The zero-order valence-corrected chi connectivity index (χ0v) is 17.4. The van der Waals surface area contributed by atoms with Crippen LogP contribution in [0.25, 0.3) is 5.65 Å². The predicted molar refractivity (Wildman–Crippen MR) is 111 cm³/mol. The molecule has 0 radical (unpaired) electrons. The molecule has 5 rings (SSSR count). The summed E-state index contributed by atoms with van der Waals surface area (Å²) in [5.74, 6) is -2.56. The molecule has 1 unspecified atom stereocenters. The molecule has 8 heteroatoms. The molecule has 1 aliphatic heterocycles. The van der Waals surface area contributed by atoms with Gasteiger partial charge in [0.1, 0.15) is 5.82 Å². The quantitative estimate of drug-likeness (QED) is 0.585. The minimum Gasteiger partial charge on any atom is -0.373 e. The van der Waals surface area contributed by atoms with Crippen LogP contribution < -0.4 is 4.90 Å². The molecule has 1 aliphatic carbocycles. The molecule has 158 valence electrons. The number of nitrogens with zero attached hydrogens (tertiary/aromatic N) is 4. The van der Waals surface area contributed by atoms with E-state index in [1.54, 1.807) is 7.11 Å². The maximum Gasteiger partial charge on any atom is 0.252 e. The SMILES string of the molecule is COC1(c2ccc(Cl)cc2)CCN(c2ccn3c(CC4CC4(F)F)nnc3c2)CC1. The van der Waals surface area contributed by atoms with Crippen molar-refractivity contribution in [3.05, 3.63) is 59.0 Å². The number of benzene rings is 1. The van der Waals surface area contributed by atoms with E-state index in [1.807, 2.05) is 47.0 Å². The summed E-state index contributed by atoms with van der Waals surface area (Å²) in [6.45, 7) is 1.67. The Balaban J connectivity index is 1.31. The Hall–Kier alpha value is -2.25. The molecule has 1 aromatic carbocycles. The zero-order chi connectivity index (χ0) is 20.9. The van der Waals surface area contributed by atoms with Crippen molar-refractivity contribution in [2.75, 3.05) is 25.1 Å².